The minimum atomic E-state index is -2.58. The molecule has 0 spiro atoms. The van der Waals surface area contributed by atoms with E-state index in [4.69, 9.17) is 13.3 Å². The summed E-state index contributed by atoms with van der Waals surface area (Å²) in [5.74, 6) is 0. The Bertz CT molecular complexity index is 188. The normalized spacial score (nSPS) is 11.1. The van der Waals surface area contributed by atoms with Crippen molar-refractivity contribution in [1.82, 2.24) is 0 Å². The Labute approximate surface area is 85.4 Å². The molecule has 6 heteroatoms. The molecule has 82 valence electrons. The van der Waals surface area contributed by atoms with Gasteiger partial charge < -0.3 is 13.3 Å². The Balaban J connectivity index is 4.23. The molecule has 0 saturated heterocycles. The summed E-state index contributed by atoms with van der Waals surface area (Å²) in [6.45, 7) is 5.16. The Morgan fingerprint density at radius 3 is 2.21 bits per heavy atom. The molecule has 0 aromatic rings. The van der Waals surface area contributed by atoms with Crippen LogP contribution in [0.4, 0.5) is 0 Å². The van der Waals surface area contributed by atoms with E-state index >= 15 is 0 Å². The summed E-state index contributed by atoms with van der Waals surface area (Å²) in [5, 5.41) is 0. The summed E-state index contributed by atoms with van der Waals surface area (Å²) in [5.41, 5.74) is 0. The first kappa shape index (κ1) is 13.5. The molecule has 0 amide bonds. The van der Waals surface area contributed by atoms with Gasteiger partial charge in [0.25, 0.3) is 0 Å². The van der Waals surface area contributed by atoms with Gasteiger partial charge in [-0.2, -0.15) is 0 Å². The molecule has 0 bridgehead atoms. The summed E-state index contributed by atoms with van der Waals surface area (Å²) in [7, 11) is -1.02. The van der Waals surface area contributed by atoms with Crippen LogP contribution in [0.25, 0.3) is 0 Å². The van der Waals surface area contributed by atoms with Crippen molar-refractivity contribution in [3.63, 3.8) is 0 Å². The summed E-state index contributed by atoms with van der Waals surface area (Å²) in [4.78, 5) is 13.4. The molecule has 0 atom stereocenters. The van der Waals surface area contributed by atoms with Crippen LogP contribution < -0.4 is 0 Å². The van der Waals surface area contributed by atoms with Crippen molar-refractivity contribution in [2.45, 2.75) is 19.9 Å². The number of rotatable bonds is 8. The molecule has 0 rings (SSSR count). The van der Waals surface area contributed by atoms with Crippen molar-refractivity contribution in [1.29, 1.82) is 0 Å². The summed E-state index contributed by atoms with van der Waals surface area (Å²) in [6.07, 6.45) is 1.48. The van der Waals surface area contributed by atoms with Crippen molar-refractivity contribution in [2.24, 2.45) is 4.99 Å². The van der Waals surface area contributed by atoms with Crippen molar-refractivity contribution < 1.29 is 18.1 Å². The molecule has 14 heavy (non-hydrogen) atoms. The molecule has 0 aliphatic carbocycles. The van der Waals surface area contributed by atoms with Crippen LogP contribution >= 0.6 is 0 Å². The fourth-order valence-electron chi connectivity index (χ4n) is 1.08. The molecular formula is C8H17NO4Si. The highest BCUT2D eigenvalue weighted by atomic mass is 28.4. The van der Waals surface area contributed by atoms with Gasteiger partial charge in [0, 0.05) is 26.4 Å². The number of carbonyl (C=O) groups excluding carboxylic acids is 1. The lowest BCUT2D eigenvalue weighted by Crippen LogP contribution is -2.45. The minimum absolute atomic E-state index is 0.337. The Morgan fingerprint density at radius 1 is 1.29 bits per heavy atom. The van der Waals surface area contributed by atoms with Crippen LogP contribution in [0.5, 0.6) is 0 Å². The largest absolute Gasteiger partial charge is 0.502 e. The quantitative estimate of drug-likeness (QED) is 0.347. The third-order valence-electron chi connectivity index (χ3n) is 1.63. The second-order valence-electron chi connectivity index (χ2n) is 2.48. The third-order valence-corrected chi connectivity index (χ3v) is 4.55. The second-order valence-corrected chi connectivity index (χ2v) is 5.33. The van der Waals surface area contributed by atoms with Crippen LogP contribution in [0.2, 0.25) is 6.04 Å². The molecule has 0 fully saturated rings. The molecular weight excluding hydrogens is 202 g/mol. The van der Waals surface area contributed by atoms with Gasteiger partial charge in [0.05, 0.1) is 6.54 Å². The number of hydrogen-bond donors (Lipinski definition) is 0. The molecule has 0 N–H and O–H groups in total. The van der Waals surface area contributed by atoms with E-state index in [1.807, 2.05) is 13.8 Å². The van der Waals surface area contributed by atoms with Gasteiger partial charge in [0.2, 0.25) is 6.08 Å². The van der Waals surface area contributed by atoms with Crippen LogP contribution in [0.15, 0.2) is 4.99 Å². The van der Waals surface area contributed by atoms with Crippen LogP contribution in [0.3, 0.4) is 0 Å². The molecule has 0 aliphatic rings. The summed E-state index contributed by atoms with van der Waals surface area (Å²) in [6, 6.07) is 0.514. The van der Waals surface area contributed by atoms with E-state index in [1.165, 1.54) is 6.08 Å². The number of hydrogen-bond acceptors (Lipinski definition) is 5. The molecule has 0 aromatic heterocycles. The molecule has 0 heterocycles. The lowest BCUT2D eigenvalue weighted by atomic mass is 10.8. The SMILES string of the molecule is CCO[Si](CCN=C=O)(OC)OCC. The fraction of sp³-hybridized carbons (Fsp3) is 0.875. The summed E-state index contributed by atoms with van der Waals surface area (Å²) < 4.78 is 16.2. The van der Waals surface area contributed by atoms with Gasteiger partial charge in [-0.15, -0.1) is 0 Å². The highest BCUT2D eigenvalue weighted by molar-refractivity contribution is 6.60. The zero-order valence-corrected chi connectivity index (χ0v) is 9.91. The maximum atomic E-state index is 9.90. The Hall–Kier alpha value is -0.523. The summed E-state index contributed by atoms with van der Waals surface area (Å²) >= 11 is 0. The second kappa shape index (κ2) is 7.84. The fourth-order valence-corrected chi connectivity index (χ4v) is 3.16. The molecule has 0 aliphatic heterocycles. The van der Waals surface area contributed by atoms with E-state index in [2.05, 4.69) is 4.99 Å². The monoisotopic (exact) mass is 219 g/mol. The van der Waals surface area contributed by atoms with E-state index in [0.717, 1.165) is 0 Å². The maximum absolute atomic E-state index is 9.90. The molecule has 0 saturated carbocycles. The van der Waals surface area contributed by atoms with Crippen molar-refractivity contribution >= 4 is 14.9 Å². The average Bonchev–Trinajstić information content (AvgIpc) is 2.19. The minimum Gasteiger partial charge on any atom is -0.377 e. The Kier molecular flexibility index (Phi) is 7.55. The molecule has 0 aromatic carbocycles. The predicted molar refractivity (Wildman–Crippen MR) is 53.8 cm³/mol. The van der Waals surface area contributed by atoms with E-state index < -0.39 is 8.80 Å². The average molecular weight is 219 g/mol. The highest BCUT2D eigenvalue weighted by Crippen LogP contribution is 2.14. The standard InChI is InChI=1S/C8H17NO4Si/c1-4-12-14(11-3,13-5-2)7-6-9-8-10/h4-7H2,1-3H3. The van der Waals surface area contributed by atoms with Gasteiger partial charge in [-0.05, 0) is 13.8 Å². The molecule has 5 nitrogen and oxygen atoms in total. The van der Waals surface area contributed by atoms with Gasteiger partial charge in [0.15, 0.2) is 0 Å². The number of aliphatic imine (C=N–C) groups is 1. The first-order chi connectivity index (χ1) is 6.74. The van der Waals surface area contributed by atoms with Gasteiger partial charge in [0.1, 0.15) is 0 Å². The van der Waals surface area contributed by atoms with Crippen molar-refractivity contribution in [3.8, 4) is 0 Å². The lowest BCUT2D eigenvalue weighted by Gasteiger charge is -2.26. The Morgan fingerprint density at radius 2 is 1.86 bits per heavy atom. The van der Waals surface area contributed by atoms with E-state index in [1.54, 1.807) is 7.11 Å². The van der Waals surface area contributed by atoms with Crippen LogP contribution in [0.1, 0.15) is 13.8 Å². The maximum Gasteiger partial charge on any atom is 0.502 e. The third kappa shape index (κ3) is 4.64. The zero-order chi connectivity index (χ0) is 10.9. The predicted octanol–water partition coefficient (Wildman–Crippen LogP) is 0.980. The van der Waals surface area contributed by atoms with Gasteiger partial charge in [-0.3, -0.25) is 0 Å². The highest BCUT2D eigenvalue weighted by Gasteiger charge is 2.38. The first-order valence-corrected chi connectivity index (χ1v) is 6.54. The topological polar surface area (TPSA) is 57.1 Å². The number of isocyanates is 1. The number of nitrogens with zero attached hydrogens (tertiary/aromatic N) is 1. The van der Waals surface area contributed by atoms with Gasteiger partial charge in [-0.1, -0.05) is 0 Å². The van der Waals surface area contributed by atoms with Crippen molar-refractivity contribution in [2.75, 3.05) is 26.9 Å². The van der Waals surface area contributed by atoms with Crippen LogP contribution in [-0.4, -0.2) is 41.8 Å². The first-order valence-electron chi connectivity index (χ1n) is 4.61. The van der Waals surface area contributed by atoms with E-state index in [9.17, 15) is 4.79 Å². The van der Waals surface area contributed by atoms with E-state index in [-0.39, 0.29) is 0 Å². The lowest BCUT2D eigenvalue weighted by molar-refractivity contribution is 0.0874. The molecule has 0 unspecified atom stereocenters. The zero-order valence-electron chi connectivity index (χ0n) is 8.91. The van der Waals surface area contributed by atoms with Crippen molar-refractivity contribution in [3.05, 3.63) is 0 Å². The van der Waals surface area contributed by atoms with Gasteiger partial charge >= 0.3 is 8.80 Å². The van der Waals surface area contributed by atoms with Gasteiger partial charge in [-0.25, -0.2) is 9.79 Å². The molecule has 0 radical (unpaired) electrons. The van der Waals surface area contributed by atoms with E-state index in [0.29, 0.717) is 25.8 Å². The smallest absolute Gasteiger partial charge is 0.377 e. The van der Waals surface area contributed by atoms with Crippen LogP contribution in [-0.2, 0) is 18.1 Å². The van der Waals surface area contributed by atoms with Crippen LogP contribution in [0, 0.1) is 0 Å².